The number of nitrogens with zero attached hydrogens (tertiary/aromatic N) is 2. The normalized spacial score (nSPS) is 25.6. The van der Waals surface area contributed by atoms with Gasteiger partial charge in [-0.1, -0.05) is 20.8 Å². The SMILES string of the molecule is CC1CC(OCc2c(C(=O)O)cnn2C)CC(C)(C)C1. The molecule has 2 rings (SSSR count). The number of carboxylic acid groups (broad SMARTS) is 1. The van der Waals surface area contributed by atoms with Gasteiger partial charge in [-0.25, -0.2) is 4.79 Å². The van der Waals surface area contributed by atoms with E-state index in [0.29, 0.717) is 23.6 Å². The first kappa shape index (κ1) is 15.0. The zero-order valence-corrected chi connectivity index (χ0v) is 12.7. The summed E-state index contributed by atoms with van der Waals surface area (Å²) < 4.78 is 7.57. The Bertz CT molecular complexity index is 493. The third-order valence-corrected chi connectivity index (χ3v) is 4.09. The molecule has 0 spiro atoms. The van der Waals surface area contributed by atoms with Crippen molar-refractivity contribution in [3.8, 4) is 0 Å². The number of aryl methyl sites for hydroxylation is 1. The molecule has 2 atom stereocenters. The molecule has 1 aromatic heterocycles. The molecule has 1 aromatic rings. The molecule has 1 aliphatic rings. The highest BCUT2D eigenvalue weighted by Gasteiger charge is 2.32. The quantitative estimate of drug-likeness (QED) is 0.921. The second kappa shape index (κ2) is 5.56. The Morgan fingerprint density at radius 1 is 1.55 bits per heavy atom. The summed E-state index contributed by atoms with van der Waals surface area (Å²) in [5.74, 6) is -0.303. The molecule has 0 saturated heterocycles. The van der Waals surface area contributed by atoms with Crippen LogP contribution >= 0.6 is 0 Å². The molecule has 5 nitrogen and oxygen atoms in total. The number of rotatable bonds is 4. The average molecular weight is 280 g/mol. The molecule has 1 heterocycles. The number of aromatic carboxylic acids is 1. The van der Waals surface area contributed by atoms with Crippen molar-refractivity contribution < 1.29 is 14.6 Å². The number of carboxylic acids is 1. The van der Waals surface area contributed by atoms with Crippen LogP contribution in [-0.4, -0.2) is 27.0 Å². The van der Waals surface area contributed by atoms with E-state index in [1.807, 2.05) is 0 Å². The number of carbonyl (C=O) groups is 1. The third-order valence-electron chi connectivity index (χ3n) is 4.09. The Morgan fingerprint density at radius 3 is 2.85 bits per heavy atom. The molecule has 0 bridgehead atoms. The summed E-state index contributed by atoms with van der Waals surface area (Å²) in [5.41, 5.74) is 1.16. The number of aromatic nitrogens is 2. The van der Waals surface area contributed by atoms with Gasteiger partial charge >= 0.3 is 5.97 Å². The van der Waals surface area contributed by atoms with Gasteiger partial charge in [-0.3, -0.25) is 4.68 Å². The van der Waals surface area contributed by atoms with Gasteiger partial charge in [0.05, 0.1) is 24.6 Å². The van der Waals surface area contributed by atoms with Crippen LogP contribution < -0.4 is 0 Å². The van der Waals surface area contributed by atoms with E-state index in [0.717, 1.165) is 12.8 Å². The second-order valence-electron chi connectivity index (χ2n) is 6.78. The minimum atomic E-state index is -0.950. The lowest BCUT2D eigenvalue weighted by Gasteiger charge is -2.38. The highest BCUT2D eigenvalue weighted by atomic mass is 16.5. The van der Waals surface area contributed by atoms with E-state index in [9.17, 15) is 4.79 Å². The van der Waals surface area contributed by atoms with Gasteiger partial charge in [-0.2, -0.15) is 5.10 Å². The van der Waals surface area contributed by atoms with Crippen molar-refractivity contribution in [2.24, 2.45) is 18.4 Å². The highest BCUT2D eigenvalue weighted by molar-refractivity contribution is 5.88. The fourth-order valence-electron chi connectivity index (χ4n) is 3.39. The predicted molar refractivity (Wildman–Crippen MR) is 75.5 cm³/mol. The van der Waals surface area contributed by atoms with Crippen LogP contribution in [0.3, 0.4) is 0 Å². The lowest BCUT2D eigenvalue weighted by Crippen LogP contribution is -2.32. The largest absolute Gasteiger partial charge is 0.478 e. The molecule has 1 aliphatic carbocycles. The minimum Gasteiger partial charge on any atom is -0.478 e. The summed E-state index contributed by atoms with van der Waals surface area (Å²) in [4.78, 5) is 11.1. The highest BCUT2D eigenvalue weighted by Crippen LogP contribution is 2.39. The zero-order valence-electron chi connectivity index (χ0n) is 12.7. The van der Waals surface area contributed by atoms with Crippen LogP contribution in [0.2, 0.25) is 0 Å². The zero-order chi connectivity index (χ0) is 14.9. The molecular formula is C15H24N2O3. The third kappa shape index (κ3) is 3.39. The summed E-state index contributed by atoms with van der Waals surface area (Å²) in [7, 11) is 1.75. The van der Waals surface area contributed by atoms with Crippen LogP contribution in [0, 0.1) is 11.3 Å². The number of hydrogen-bond acceptors (Lipinski definition) is 3. The second-order valence-corrected chi connectivity index (χ2v) is 6.78. The van der Waals surface area contributed by atoms with Gasteiger partial charge in [-0.15, -0.1) is 0 Å². The van der Waals surface area contributed by atoms with E-state index >= 15 is 0 Å². The summed E-state index contributed by atoms with van der Waals surface area (Å²) in [6.45, 7) is 7.10. The monoisotopic (exact) mass is 280 g/mol. The Morgan fingerprint density at radius 2 is 2.25 bits per heavy atom. The summed E-state index contributed by atoms with van der Waals surface area (Å²) in [6, 6.07) is 0. The molecule has 0 aliphatic heterocycles. The molecule has 20 heavy (non-hydrogen) atoms. The topological polar surface area (TPSA) is 64.3 Å². The van der Waals surface area contributed by atoms with Gasteiger partial charge in [0.2, 0.25) is 0 Å². The molecule has 1 saturated carbocycles. The molecule has 1 fully saturated rings. The van der Waals surface area contributed by atoms with Crippen molar-refractivity contribution in [3.05, 3.63) is 17.5 Å². The lowest BCUT2D eigenvalue weighted by atomic mass is 9.71. The lowest BCUT2D eigenvalue weighted by molar-refractivity contribution is -0.0338. The van der Waals surface area contributed by atoms with Crippen LogP contribution in [0.25, 0.3) is 0 Å². The van der Waals surface area contributed by atoms with E-state index in [-0.39, 0.29) is 11.7 Å². The fourth-order valence-corrected chi connectivity index (χ4v) is 3.39. The summed E-state index contributed by atoms with van der Waals surface area (Å²) in [6.07, 6.45) is 4.87. The first-order chi connectivity index (χ1) is 9.28. The van der Waals surface area contributed by atoms with Crippen molar-refractivity contribution >= 4 is 5.97 Å². The smallest absolute Gasteiger partial charge is 0.339 e. The van der Waals surface area contributed by atoms with Crippen LogP contribution in [0.1, 0.15) is 56.1 Å². The van der Waals surface area contributed by atoms with E-state index < -0.39 is 5.97 Å². The van der Waals surface area contributed by atoms with Crippen molar-refractivity contribution in [1.29, 1.82) is 0 Å². The van der Waals surface area contributed by atoms with Gasteiger partial charge in [0.1, 0.15) is 5.56 Å². The van der Waals surface area contributed by atoms with E-state index in [2.05, 4.69) is 25.9 Å². The maximum atomic E-state index is 11.1. The Labute approximate surface area is 119 Å². The fraction of sp³-hybridized carbons (Fsp3) is 0.733. The van der Waals surface area contributed by atoms with Crippen LogP contribution in [0.15, 0.2) is 6.20 Å². The van der Waals surface area contributed by atoms with E-state index in [1.54, 1.807) is 11.7 Å². The van der Waals surface area contributed by atoms with Crippen LogP contribution in [0.4, 0.5) is 0 Å². The van der Waals surface area contributed by atoms with Crippen molar-refractivity contribution in [3.63, 3.8) is 0 Å². The Hall–Kier alpha value is -1.36. The summed E-state index contributed by atoms with van der Waals surface area (Å²) in [5, 5.41) is 13.1. The molecule has 0 amide bonds. The maximum absolute atomic E-state index is 11.1. The van der Waals surface area contributed by atoms with E-state index in [4.69, 9.17) is 9.84 Å². The first-order valence-electron chi connectivity index (χ1n) is 7.14. The molecule has 0 aromatic carbocycles. The summed E-state index contributed by atoms with van der Waals surface area (Å²) >= 11 is 0. The Kier molecular flexibility index (Phi) is 4.18. The van der Waals surface area contributed by atoms with Crippen molar-refractivity contribution in [1.82, 2.24) is 9.78 Å². The molecule has 2 unspecified atom stereocenters. The van der Waals surface area contributed by atoms with Gasteiger partial charge < -0.3 is 9.84 Å². The average Bonchev–Trinajstić information content (AvgIpc) is 2.65. The molecule has 5 heteroatoms. The molecule has 1 N–H and O–H groups in total. The predicted octanol–water partition coefficient (Wildman–Crippen LogP) is 2.85. The van der Waals surface area contributed by atoms with Gasteiger partial charge in [-0.05, 0) is 30.6 Å². The minimum absolute atomic E-state index is 0.199. The molecule has 112 valence electrons. The van der Waals surface area contributed by atoms with E-state index in [1.165, 1.54) is 12.6 Å². The van der Waals surface area contributed by atoms with Gasteiger partial charge in [0.25, 0.3) is 0 Å². The first-order valence-corrected chi connectivity index (χ1v) is 7.14. The van der Waals surface area contributed by atoms with Crippen molar-refractivity contribution in [2.75, 3.05) is 0 Å². The number of ether oxygens (including phenoxy) is 1. The number of hydrogen-bond donors (Lipinski definition) is 1. The van der Waals surface area contributed by atoms with Crippen LogP contribution in [0.5, 0.6) is 0 Å². The maximum Gasteiger partial charge on any atom is 0.339 e. The van der Waals surface area contributed by atoms with Gasteiger partial charge in [0, 0.05) is 7.05 Å². The van der Waals surface area contributed by atoms with Crippen molar-refractivity contribution in [2.45, 2.75) is 52.7 Å². The Balaban J connectivity index is 2.02. The molecular weight excluding hydrogens is 256 g/mol. The molecule has 0 radical (unpaired) electrons. The van der Waals surface area contributed by atoms with Gasteiger partial charge in [0.15, 0.2) is 0 Å². The standard InChI is InChI=1S/C15H24N2O3/c1-10-5-11(7-15(2,3)6-10)20-9-13-12(14(18)19)8-16-17(13)4/h8,10-11H,5-7,9H2,1-4H3,(H,18,19). The van der Waals surface area contributed by atoms with Crippen LogP contribution in [-0.2, 0) is 18.4 Å².